The molecule has 1 fully saturated rings. The van der Waals surface area contributed by atoms with Gasteiger partial charge in [-0.1, -0.05) is 23.7 Å². The second-order valence-electron chi connectivity index (χ2n) is 7.19. The Morgan fingerprint density at radius 1 is 1.13 bits per heavy atom. The van der Waals surface area contributed by atoms with Gasteiger partial charge in [0.25, 0.3) is 5.91 Å². The molecule has 8 nitrogen and oxygen atoms in total. The van der Waals surface area contributed by atoms with Gasteiger partial charge in [0, 0.05) is 44.6 Å². The van der Waals surface area contributed by atoms with Gasteiger partial charge in [-0.2, -0.15) is 0 Å². The Morgan fingerprint density at radius 3 is 2.42 bits per heavy atom. The summed E-state index contributed by atoms with van der Waals surface area (Å²) in [5.41, 5.74) is 0.285. The molecule has 11 heteroatoms. The summed E-state index contributed by atoms with van der Waals surface area (Å²) in [4.78, 5) is 30.1. The number of carbonyl (C=O) groups is 2. The fourth-order valence-corrected chi connectivity index (χ4v) is 4.85. The Labute approximate surface area is 191 Å². The van der Waals surface area contributed by atoms with Crippen LogP contribution in [0.25, 0.3) is 0 Å². The highest BCUT2D eigenvalue weighted by Gasteiger charge is 2.24. The molecular weight excluding hydrogens is 462 g/mol. The van der Waals surface area contributed by atoms with Crippen molar-refractivity contribution in [2.24, 2.45) is 0 Å². The van der Waals surface area contributed by atoms with Gasteiger partial charge in [0.15, 0.2) is 6.61 Å². The molecule has 0 saturated carbocycles. The maximum atomic E-state index is 12.5. The van der Waals surface area contributed by atoms with Gasteiger partial charge in [-0.15, -0.1) is 11.3 Å². The highest BCUT2D eigenvalue weighted by atomic mass is 35.5. The molecule has 0 atom stereocenters. The van der Waals surface area contributed by atoms with Crippen molar-refractivity contribution in [3.05, 3.63) is 51.2 Å². The number of ether oxygens (including phenoxy) is 1. The third-order valence-electron chi connectivity index (χ3n) is 5.02. The molecule has 31 heavy (non-hydrogen) atoms. The summed E-state index contributed by atoms with van der Waals surface area (Å²) in [6.45, 7) is 2.93. The minimum absolute atomic E-state index is 0.0858. The molecule has 0 unspecified atom stereocenters. The van der Waals surface area contributed by atoms with Crippen LogP contribution in [-0.2, 0) is 26.1 Å². The Hall–Kier alpha value is -2.14. The average molecular weight is 486 g/mol. The lowest BCUT2D eigenvalue weighted by atomic mass is 10.2. The number of hydrogen-bond donors (Lipinski definition) is 0. The van der Waals surface area contributed by atoms with Gasteiger partial charge in [-0.05, 0) is 24.3 Å². The molecule has 1 saturated heterocycles. The van der Waals surface area contributed by atoms with E-state index in [2.05, 4.69) is 4.90 Å². The van der Waals surface area contributed by atoms with Gasteiger partial charge in [0.05, 0.1) is 21.8 Å². The van der Waals surface area contributed by atoms with Crippen LogP contribution in [0.15, 0.2) is 36.4 Å². The molecule has 0 spiro atoms. The lowest BCUT2D eigenvalue weighted by Crippen LogP contribution is -2.49. The van der Waals surface area contributed by atoms with Gasteiger partial charge in [-0.3, -0.25) is 14.0 Å². The van der Waals surface area contributed by atoms with Crippen molar-refractivity contribution in [3.63, 3.8) is 0 Å². The third-order valence-corrected chi connectivity index (χ3v) is 7.43. The molecule has 1 amide bonds. The van der Waals surface area contributed by atoms with E-state index in [1.165, 1.54) is 24.1 Å². The van der Waals surface area contributed by atoms with E-state index in [1.807, 2.05) is 12.1 Å². The van der Waals surface area contributed by atoms with Gasteiger partial charge in [0.1, 0.15) is 0 Å². The third kappa shape index (κ3) is 6.19. The van der Waals surface area contributed by atoms with Crippen molar-refractivity contribution in [1.82, 2.24) is 9.80 Å². The van der Waals surface area contributed by atoms with E-state index in [0.29, 0.717) is 13.1 Å². The van der Waals surface area contributed by atoms with Crippen molar-refractivity contribution in [2.75, 3.05) is 50.4 Å². The zero-order valence-electron chi connectivity index (χ0n) is 17.3. The first kappa shape index (κ1) is 23.5. The molecule has 0 aliphatic carbocycles. The number of piperazine rings is 1. The van der Waals surface area contributed by atoms with Crippen LogP contribution in [-0.4, -0.2) is 76.2 Å². The molecule has 2 heterocycles. The molecule has 3 rings (SSSR count). The number of para-hydroxylation sites is 1. The molecule has 1 aromatic heterocycles. The number of carbonyl (C=O) groups excluding carboxylic acids is 2. The van der Waals surface area contributed by atoms with Gasteiger partial charge >= 0.3 is 5.97 Å². The number of esters is 1. The van der Waals surface area contributed by atoms with Gasteiger partial charge < -0.3 is 9.64 Å². The topological polar surface area (TPSA) is 87.2 Å². The zero-order valence-corrected chi connectivity index (χ0v) is 19.7. The SMILES string of the molecule is CN(c1ccccc1C(=O)OCC(=O)N1CCN(Cc2ccc(Cl)s2)CC1)S(C)(=O)=O. The van der Waals surface area contributed by atoms with Crippen LogP contribution in [0, 0.1) is 0 Å². The Kier molecular flexibility index (Phi) is 7.58. The Balaban J connectivity index is 1.52. The summed E-state index contributed by atoms with van der Waals surface area (Å²) < 4.78 is 30.6. The fraction of sp³-hybridized carbons (Fsp3) is 0.400. The van der Waals surface area contributed by atoms with Crippen LogP contribution < -0.4 is 4.31 Å². The molecule has 0 bridgehead atoms. The first-order valence-corrected chi connectivity index (χ1v) is 12.6. The van der Waals surface area contributed by atoms with Crippen LogP contribution in [0.3, 0.4) is 0 Å². The lowest BCUT2D eigenvalue weighted by Gasteiger charge is -2.34. The smallest absolute Gasteiger partial charge is 0.340 e. The molecule has 1 aliphatic heterocycles. The van der Waals surface area contributed by atoms with E-state index in [9.17, 15) is 18.0 Å². The van der Waals surface area contributed by atoms with E-state index in [4.69, 9.17) is 16.3 Å². The lowest BCUT2D eigenvalue weighted by molar-refractivity contribution is -0.136. The Bertz CT molecular complexity index is 1050. The molecule has 1 aliphatic rings. The maximum absolute atomic E-state index is 12.5. The van der Waals surface area contributed by atoms with Crippen LogP contribution >= 0.6 is 22.9 Å². The van der Waals surface area contributed by atoms with Crippen molar-refractivity contribution in [3.8, 4) is 0 Å². The Morgan fingerprint density at radius 2 is 1.81 bits per heavy atom. The second-order valence-corrected chi connectivity index (χ2v) is 11.0. The van der Waals surface area contributed by atoms with Gasteiger partial charge in [-0.25, -0.2) is 13.2 Å². The molecule has 0 radical (unpaired) electrons. The number of benzene rings is 1. The van der Waals surface area contributed by atoms with Crippen LogP contribution in [0.4, 0.5) is 5.69 Å². The summed E-state index contributed by atoms with van der Waals surface area (Å²) in [6.07, 6.45) is 1.05. The van der Waals surface area contributed by atoms with E-state index in [1.54, 1.807) is 28.4 Å². The number of rotatable bonds is 7. The molecular formula is C20H24ClN3O5S2. The number of sulfonamides is 1. The molecule has 0 N–H and O–H groups in total. The highest BCUT2D eigenvalue weighted by Crippen LogP contribution is 2.24. The van der Waals surface area contributed by atoms with E-state index >= 15 is 0 Å². The standard InChI is InChI=1S/C20H24ClN3O5S2/c1-22(31(2,27)28)17-6-4-3-5-16(17)20(26)29-14-19(25)24-11-9-23(10-12-24)13-15-7-8-18(21)30-15/h3-8H,9-14H2,1-2H3. The van der Waals surface area contributed by atoms with Crippen molar-refractivity contribution in [2.45, 2.75) is 6.54 Å². The number of hydrogen-bond acceptors (Lipinski definition) is 7. The van der Waals surface area contributed by atoms with E-state index in [-0.39, 0.29) is 17.2 Å². The van der Waals surface area contributed by atoms with Crippen molar-refractivity contribution in [1.29, 1.82) is 0 Å². The predicted molar refractivity (Wildman–Crippen MR) is 121 cm³/mol. The second kappa shape index (κ2) is 9.99. The number of anilines is 1. The maximum Gasteiger partial charge on any atom is 0.340 e. The minimum Gasteiger partial charge on any atom is -0.452 e. The predicted octanol–water partition coefficient (Wildman–Crippen LogP) is 2.30. The minimum atomic E-state index is -3.55. The van der Waals surface area contributed by atoms with Crippen LogP contribution in [0.5, 0.6) is 0 Å². The first-order valence-electron chi connectivity index (χ1n) is 9.59. The molecule has 2 aromatic rings. The molecule has 168 valence electrons. The number of amides is 1. The highest BCUT2D eigenvalue weighted by molar-refractivity contribution is 7.92. The van der Waals surface area contributed by atoms with Gasteiger partial charge in [0.2, 0.25) is 10.0 Å². The summed E-state index contributed by atoms with van der Waals surface area (Å²) in [6, 6.07) is 10.1. The number of thiophene rings is 1. The summed E-state index contributed by atoms with van der Waals surface area (Å²) in [7, 11) is -2.19. The first-order chi connectivity index (χ1) is 14.6. The normalized spacial score (nSPS) is 15.0. The average Bonchev–Trinajstić information content (AvgIpc) is 3.15. The summed E-state index contributed by atoms with van der Waals surface area (Å²) in [5.74, 6) is -1.02. The van der Waals surface area contributed by atoms with Crippen molar-refractivity contribution < 1.29 is 22.7 Å². The summed E-state index contributed by atoms with van der Waals surface area (Å²) in [5, 5.41) is 0. The quantitative estimate of drug-likeness (QED) is 0.559. The summed E-state index contributed by atoms with van der Waals surface area (Å²) >= 11 is 7.52. The molecule has 1 aromatic carbocycles. The largest absolute Gasteiger partial charge is 0.452 e. The van der Waals surface area contributed by atoms with E-state index < -0.39 is 22.6 Å². The zero-order chi connectivity index (χ0) is 22.6. The fourth-order valence-electron chi connectivity index (χ4n) is 3.21. The van der Waals surface area contributed by atoms with Crippen LogP contribution in [0.1, 0.15) is 15.2 Å². The van der Waals surface area contributed by atoms with Crippen molar-refractivity contribution >= 4 is 50.5 Å². The van der Waals surface area contributed by atoms with Crippen LogP contribution in [0.2, 0.25) is 4.34 Å². The number of halogens is 1. The van der Waals surface area contributed by atoms with E-state index in [0.717, 1.165) is 34.5 Å². The monoisotopic (exact) mass is 485 g/mol. The number of nitrogens with zero attached hydrogens (tertiary/aromatic N) is 3.